The molecule has 1 aliphatic rings. The van der Waals surface area contributed by atoms with E-state index in [4.69, 9.17) is 4.74 Å². The predicted octanol–water partition coefficient (Wildman–Crippen LogP) is 6.18. The van der Waals surface area contributed by atoms with Gasteiger partial charge in [0.2, 0.25) is 11.8 Å². The van der Waals surface area contributed by atoms with Gasteiger partial charge in [-0.2, -0.15) is 0 Å². The third-order valence-electron chi connectivity index (χ3n) is 7.95. The van der Waals surface area contributed by atoms with Crippen LogP contribution in [0.25, 0.3) is 0 Å². The fourth-order valence-corrected chi connectivity index (χ4v) is 7.14. The molecule has 1 saturated carbocycles. The number of amides is 2. The standard InChI is InChI=1S/C34H43N3O5S2/c1-5-42-30-17-15-29(16-18-30)37(44(40,41)32-21-19-31(43-4)20-22-32)24-33(38)36(23-27-13-11-25(2)12-14-27)26(3)34(39)35-28-9-7-6-8-10-28/h11-22,26,28H,5-10,23-24H2,1-4H3,(H,35,39). The highest BCUT2D eigenvalue weighted by atomic mass is 32.2. The quantitative estimate of drug-likeness (QED) is 0.225. The zero-order chi connectivity index (χ0) is 31.7. The van der Waals surface area contributed by atoms with Crippen LogP contribution in [-0.4, -0.2) is 56.6 Å². The molecule has 1 unspecified atom stereocenters. The van der Waals surface area contributed by atoms with Gasteiger partial charge in [-0.15, -0.1) is 11.8 Å². The Morgan fingerprint density at radius 3 is 2.18 bits per heavy atom. The maximum Gasteiger partial charge on any atom is 0.264 e. The summed E-state index contributed by atoms with van der Waals surface area (Å²) in [5, 5.41) is 3.14. The Balaban J connectivity index is 1.68. The van der Waals surface area contributed by atoms with E-state index in [0.717, 1.165) is 52.4 Å². The first-order valence-electron chi connectivity index (χ1n) is 15.2. The Hall–Kier alpha value is -3.50. The maximum absolute atomic E-state index is 14.2. The van der Waals surface area contributed by atoms with Crippen molar-refractivity contribution in [3.63, 3.8) is 0 Å². The number of thioether (sulfide) groups is 1. The fraction of sp³-hybridized carbons (Fsp3) is 0.412. The molecule has 0 aromatic heterocycles. The van der Waals surface area contributed by atoms with E-state index in [0.29, 0.717) is 18.0 Å². The number of sulfonamides is 1. The molecule has 1 fully saturated rings. The topological polar surface area (TPSA) is 96.0 Å². The minimum absolute atomic E-state index is 0.0742. The first-order valence-corrected chi connectivity index (χ1v) is 17.8. The summed E-state index contributed by atoms with van der Waals surface area (Å²) in [5.41, 5.74) is 2.25. The summed E-state index contributed by atoms with van der Waals surface area (Å²) in [5.74, 6) is -0.117. The van der Waals surface area contributed by atoms with E-state index in [1.165, 1.54) is 16.7 Å². The van der Waals surface area contributed by atoms with Crippen LogP contribution in [-0.2, 0) is 26.2 Å². The van der Waals surface area contributed by atoms with Crippen molar-refractivity contribution in [1.29, 1.82) is 0 Å². The fourth-order valence-electron chi connectivity index (χ4n) is 5.32. The van der Waals surface area contributed by atoms with Crippen LogP contribution in [0.5, 0.6) is 5.75 Å². The number of carbonyl (C=O) groups excluding carboxylic acids is 2. The first-order chi connectivity index (χ1) is 21.1. The summed E-state index contributed by atoms with van der Waals surface area (Å²) in [7, 11) is -4.14. The Labute approximate surface area is 266 Å². The summed E-state index contributed by atoms with van der Waals surface area (Å²) >= 11 is 1.51. The Morgan fingerprint density at radius 2 is 1.59 bits per heavy atom. The summed E-state index contributed by atoms with van der Waals surface area (Å²) in [6.07, 6.45) is 7.06. The van der Waals surface area contributed by atoms with E-state index in [2.05, 4.69) is 5.32 Å². The van der Waals surface area contributed by atoms with Gasteiger partial charge in [0, 0.05) is 17.5 Å². The summed E-state index contributed by atoms with van der Waals surface area (Å²) in [4.78, 5) is 30.2. The second-order valence-corrected chi connectivity index (χ2v) is 13.9. The van der Waals surface area contributed by atoms with Crippen LogP contribution in [0.15, 0.2) is 82.6 Å². The molecule has 8 nitrogen and oxygen atoms in total. The average Bonchev–Trinajstić information content (AvgIpc) is 3.04. The van der Waals surface area contributed by atoms with Crippen molar-refractivity contribution in [2.45, 2.75) is 81.3 Å². The molecule has 1 atom stereocenters. The van der Waals surface area contributed by atoms with E-state index in [1.807, 2.05) is 44.4 Å². The SMILES string of the molecule is CCOc1ccc(N(CC(=O)N(Cc2ccc(C)cc2)C(C)C(=O)NC2CCCCC2)S(=O)(=O)c2ccc(SC)cc2)cc1. The number of aryl methyl sites for hydroxylation is 1. The molecule has 236 valence electrons. The molecular formula is C34H43N3O5S2. The lowest BCUT2D eigenvalue weighted by Gasteiger charge is -2.33. The minimum Gasteiger partial charge on any atom is -0.494 e. The summed E-state index contributed by atoms with van der Waals surface area (Å²) in [6, 6.07) is 20.3. The van der Waals surface area contributed by atoms with Crippen molar-refractivity contribution in [2.24, 2.45) is 0 Å². The minimum atomic E-state index is -4.14. The molecule has 0 spiro atoms. The number of nitrogens with zero attached hydrogens (tertiary/aromatic N) is 2. The van der Waals surface area contributed by atoms with E-state index in [9.17, 15) is 18.0 Å². The van der Waals surface area contributed by atoms with E-state index in [-0.39, 0.29) is 23.4 Å². The van der Waals surface area contributed by atoms with Crippen LogP contribution in [0.4, 0.5) is 5.69 Å². The number of ether oxygens (including phenoxy) is 1. The van der Waals surface area contributed by atoms with Crippen molar-refractivity contribution in [2.75, 3.05) is 23.7 Å². The van der Waals surface area contributed by atoms with Crippen molar-refractivity contribution in [1.82, 2.24) is 10.2 Å². The Kier molecular flexibility index (Phi) is 11.7. The van der Waals surface area contributed by atoms with Gasteiger partial charge in [0.1, 0.15) is 18.3 Å². The lowest BCUT2D eigenvalue weighted by atomic mass is 9.95. The molecule has 3 aromatic carbocycles. The molecule has 10 heteroatoms. The van der Waals surface area contributed by atoms with Gasteiger partial charge in [-0.1, -0.05) is 49.1 Å². The Morgan fingerprint density at radius 1 is 0.955 bits per heavy atom. The lowest BCUT2D eigenvalue weighted by Crippen LogP contribution is -2.53. The van der Waals surface area contributed by atoms with Gasteiger partial charge in [0.25, 0.3) is 10.0 Å². The van der Waals surface area contributed by atoms with Gasteiger partial charge < -0.3 is 15.0 Å². The number of anilines is 1. The molecular weight excluding hydrogens is 595 g/mol. The van der Waals surface area contributed by atoms with Crippen LogP contribution in [0.2, 0.25) is 0 Å². The van der Waals surface area contributed by atoms with Gasteiger partial charge in [0.15, 0.2) is 0 Å². The smallest absolute Gasteiger partial charge is 0.264 e. The number of carbonyl (C=O) groups is 2. The first kappa shape index (κ1) is 33.4. The van der Waals surface area contributed by atoms with Crippen LogP contribution < -0.4 is 14.4 Å². The molecule has 0 heterocycles. The van der Waals surface area contributed by atoms with Gasteiger partial charge in [-0.05, 0) is 94.0 Å². The molecule has 1 aliphatic carbocycles. The molecule has 3 aromatic rings. The second-order valence-electron chi connectivity index (χ2n) is 11.1. The predicted molar refractivity (Wildman–Crippen MR) is 177 cm³/mol. The zero-order valence-corrected chi connectivity index (χ0v) is 27.6. The lowest BCUT2D eigenvalue weighted by molar-refractivity contribution is -0.139. The van der Waals surface area contributed by atoms with Crippen LogP contribution in [0, 0.1) is 6.92 Å². The number of benzene rings is 3. The van der Waals surface area contributed by atoms with Crippen molar-refractivity contribution >= 4 is 39.3 Å². The van der Waals surface area contributed by atoms with E-state index < -0.39 is 28.5 Å². The van der Waals surface area contributed by atoms with Crippen LogP contribution in [0.1, 0.15) is 57.1 Å². The number of rotatable bonds is 13. The Bertz CT molecular complexity index is 1490. The van der Waals surface area contributed by atoms with Gasteiger partial charge >= 0.3 is 0 Å². The van der Waals surface area contributed by atoms with E-state index >= 15 is 0 Å². The number of hydrogen-bond donors (Lipinski definition) is 1. The number of hydrogen-bond acceptors (Lipinski definition) is 6. The van der Waals surface area contributed by atoms with Crippen molar-refractivity contribution in [3.8, 4) is 5.75 Å². The second kappa shape index (κ2) is 15.5. The highest BCUT2D eigenvalue weighted by molar-refractivity contribution is 7.98. The molecule has 0 radical (unpaired) electrons. The molecule has 4 rings (SSSR count). The highest BCUT2D eigenvalue weighted by Gasteiger charge is 2.33. The van der Waals surface area contributed by atoms with Crippen molar-refractivity contribution < 1.29 is 22.7 Å². The molecule has 1 N–H and O–H groups in total. The molecule has 0 aliphatic heterocycles. The third-order valence-corrected chi connectivity index (χ3v) is 10.5. The largest absolute Gasteiger partial charge is 0.494 e. The average molecular weight is 638 g/mol. The third kappa shape index (κ3) is 8.57. The molecule has 0 saturated heterocycles. The van der Waals surface area contributed by atoms with Crippen LogP contribution in [0.3, 0.4) is 0 Å². The molecule has 44 heavy (non-hydrogen) atoms. The van der Waals surface area contributed by atoms with E-state index in [1.54, 1.807) is 55.5 Å². The monoisotopic (exact) mass is 637 g/mol. The van der Waals surface area contributed by atoms with Gasteiger partial charge in [0.05, 0.1) is 17.2 Å². The normalized spacial score (nSPS) is 14.5. The van der Waals surface area contributed by atoms with Crippen LogP contribution >= 0.6 is 11.8 Å². The zero-order valence-electron chi connectivity index (χ0n) is 26.0. The molecule has 2 amide bonds. The summed E-state index contributed by atoms with van der Waals surface area (Å²) < 4.78 is 34.9. The number of nitrogens with one attached hydrogen (secondary N) is 1. The van der Waals surface area contributed by atoms with Gasteiger partial charge in [-0.25, -0.2) is 8.42 Å². The van der Waals surface area contributed by atoms with Crippen molar-refractivity contribution in [3.05, 3.63) is 83.9 Å². The van der Waals surface area contributed by atoms with Gasteiger partial charge in [-0.3, -0.25) is 13.9 Å². The molecule has 0 bridgehead atoms. The summed E-state index contributed by atoms with van der Waals surface area (Å²) in [6.45, 7) is 5.72. The highest BCUT2D eigenvalue weighted by Crippen LogP contribution is 2.28. The maximum atomic E-state index is 14.2.